The van der Waals surface area contributed by atoms with Gasteiger partial charge in [0.2, 0.25) is 0 Å². The van der Waals surface area contributed by atoms with E-state index in [1.807, 2.05) is 0 Å². The molecule has 0 atom stereocenters. The highest BCUT2D eigenvalue weighted by atomic mass is 16.5. The molecule has 0 saturated carbocycles. The minimum Gasteiger partial charge on any atom is -0.495 e. The lowest BCUT2D eigenvalue weighted by Gasteiger charge is -2.09. The molecule has 108 valence electrons. The molecule has 0 aliphatic heterocycles. The van der Waals surface area contributed by atoms with Crippen molar-refractivity contribution < 1.29 is 19.1 Å². The number of benzene rings is 1. The third-order valence-corrected chi connectivity index (χ3v) is 2.73. The van der Waals surface area contributed by atoms with Gasteiger partial charge in [-0.25, -0.2) is 9.78 Å². The van der Waals surface area contributed by atoms with E-state index in [2.05, 4.69) is 15.0 Å². The molecule has 21 heavy (non-hydrogen) atoms. The number of carbonyl (C=O) groups is 2. The van der Waals surface area contributed by atoms with Crippen LogP contribution in [0.25, 0.3) is 0 Å². The molecule has 1 amide bonds. The molecule has 0 spiro atoms. The van der Waals surface area contributed by atoms with E-state index in [0.717, 1.165) is 0 Å². The third-order valence-electron chi connectivity index (χ3n) is 2.73. The molecule has 1 N–H and O–H groups in total. The minimum atomic E-state index is -0.595. The molecule has 0 aliphatic rings. The number of methoxy groups -OCH3 is 2. The van der Waals surface area contributed by atoms with E-state index in [1.165, 1.54) is 26.4 Å². The second kappa shape index (κ2) is 6.51. The number of ether oxygens (including phenoxy) is 2. The van der Waals surface area contributed by atoms with Crippen molar-refractivity contribution in [1.29, 1.82) is 0 Å². The molecule has 6 heteroatoms. The molecule has 0 unspecified atom stereocenters. The Balaban J connectivity index is 2.22. The first-order chi connectivity index (χ1) is 10.2. The van der Waals surface area contributed by atoms with Crippen LogP contribution in [-0.2, 0) is 4.74 Å². The van der Waals surface area contributed by atoms with Crippen LogP contribution in [0.1, 0.15) is 21.0 Å². The van der Waals surface area contributed by atoms with Gasteiger partial charge in [0.05, 0.1) is 19.9 Å². The van der Waals surface area contributed by atoms with E-state index < -0.39 is 11.9 Å². The topological polar surface area (TPSA) is 77.5 Å². The monoisotopic (exact) mass is 286 g/mol. The molecule has 0 bridgehead atoms. The Labute approximate surface area is 121 Å². The molecule has 0 aliphatic carbocycles. The van der Waals surface area contributed by atoms with Gasteiger partial charge in [-0.15, -0.1) is 0 Å². The van der Waals surface area contributed by atoms with Crippen LogP contribution in [0.3, 0.4) is 0 Å². The summed E-state index contributed by atoms with van der Waals surface area (Å²) in [5.41, 5.74) is 0.712. The molecule has 6 nitrogen and oxygen atoms in total. The SMILES string of the molecule is COC(=O)c1cccc(C(=O)Nc2ccccc2OC)n1. The highest BCUT2D eigenvalue weighted by Gasteiger charge is 2.14. The first-order valence-corrected chi connectivity index (χ1v) is 6.15. The van der Waals surface area contributed by atoms with Gasteiger partial charge in [0.15, 0.2) is 0 Å². The van der Waals surface area contributed by atoms with Crippen LogP contribution < -0.4 is 10.1 Å². The Morgan fingerprint density at radius 1 is 1.00 bits per heavy atom. The Morgan fingerprint density at radius 2 is 1.71 bits per heavy atom. The predicted molar refractivity (Wildman–Crippen MR) is 76.5 cm³/mol. The largest absolute Gasteiger partial charge is 0.495 e. The lowest BCUT2D eigenvalue weighted by atomic mass is 10.2. The maximum atomic E-state index is 12.2. The molecule has 1 heterocycles. The predicted octanol–water partition coefficient (Wildman–Crippen LogP) is 2.13. The fourth-order valence-corrected chi connectivity index (χ4v) is 1.71. The molecule has 1 aromatic heterocycles. The van der Waals surface area contributed by atoms with Crippen molar-refractivity contribution in [2.45, 2.75) is 0 Å². The summed E-state index contributed by atoms with van der Waals surface area (Å²) in [7, 11) is 2.77. The number of amides is 1. The van der Waals surface area contributed by atoms with Gasteiger partial charge in [0, 0.05) is 0 Å². The molecule has 0 fully saturated rings. The summed E-state index contributed by atoms with van der Waals surface area (Å²) in [5, 5.41) is 2.68. The van der Waals surface area contributed by atoms with E-state index >= 15 is 0 Å². The van der Waals surface area contributed by atoms with Crippen molar-refractivity contribution in [1.82, 2.24) is 4.98 Å². The Bertz CT molecular complexity index is 670. The summed E-state index contributed by atoms with van der Waals surface area (Å²) in [6.07, 6.45) is 0. The fraction of sp³-hybridized carbons (Fsp3) is 0.133. The van der Waals surface area contributed by atoms with E-state index in [0.29, 0.717) is 11.4 Å². The van der Waals surface area contributed by atoms with Crippen LogP contribution in [0, 0.1) is 0 Å². The zero-order valence-electron chi connectivity index (χ0n) is 11.6. The number of esters is 1. The first kappa shape index (κ1) is 14.5. The van der Waals surface area contributed by atoms with Crippen LogP contribution in [0.4, 0.5) is 5.69 Å². The summed E-state index contributed by atoms with van der Waals surface area (Å²) >= 11 is 0. The van der Waals surface area contributed by atoms with Crippen molar-refractivity contribution in [3.8, 4) is 5.75 Å². The lowest BCUT2D eigenvalue weighted by molar-refractivity contribution is 0.0594. The second-order valence-corrected chi connectivity index (χ2v) is 4.05. The number of hydrogen-bond acceptors (Lipinski definition) is 5. The number of nitrogens with zero attached hydrogens (tertiary/aromatic N) is 1. The van der Waals surface area contributed by atoms with E-state index in [-0.39, 0.29) is 11.4 Å². The average Bonchev–Trinajstić information content (AvgIpc) is 2.54. The molecule has 0 radical (unpaired) electrons. The van der Waals surface area contributed by atoms with Crippen molar-refractivity contribution in [3.63, 3.8) is 0 Å². The summed E-state index contributed by atoms with van der Waals surface area (Å²) in [6, 6.07) is 11.6. The average molecular weight is 286 g/mol. The van der Waals surface area contributed by atoms with Crippen molar-refractivity contribution in [2.24, 2.45) is 0 Å². The number of rotatable bonds is 4. The van der Waals surface area contributed by atoms with E-state index in [1.54, 1.807) is 30.3 Å². The Kier molecular flexibility index (Phi) is 4.50. The molecule has 2 aromatic rings. The van der Waals surface area contributed by atoms with E-state index in [9.17, 15) is 9.59 Å². The Hall–Kier alpha value is -2.89. The van der Waals surface area contributed by atoms with Gasteiger partial charge in [-0.1, -0.05) is 18.2 Å². The first-order valence-electron chi connectivity index (χ1n) is 6.15. The summed E-state index contributed by atoms with van der Waals surface area (Å²) < 4.78 is 9.72. The fourth-order valence-electron chi connectivity index (χ4n) is 1.71. The van der Waals surface area contributed by atoms with Crippen LogP contribution in [0.15, 0.2) is 42.5 Å². The number of pyridine rings is 1. The lowest BCUT2D eigenvalue weighted by Crippen LogP contribution is -2.16. The summed E-state index contributed by atoms with van der Waals surface area (Å²) in [6.45, 7) is 0. The standard InChI is InChI=1S/C15H14N2O4/c1-20-13-9-4-3-6-10(13)17-14(18)11-7-5-8-12(16-11)15(19)21-2/h3-9H,1-2H3,(H,17,18). The molecule has 2 rings (SSSR count). The molecule has 1 aromatic carbocycles. The van der Waals surface area contributed by atoms with Gasteiger partial charge in [0.1, 0.15) is 17.1 Å². The maximum absolute atomic E-state index is 12.2. The number of para-hydroxylation sites is 2. The highest BCUT2D eigenvalue weighted by molar-refractivity contribution is 6.04. The number of hydrogen-bond donors (Lipinski definition) is 1. The van der Waals surface area contributed by atoms with Gasteiger partial charge in [0.25, 0.3) is 5.91 Å². The van der Waals surface area contributed by atoms with E-state index in [4.69, 9.17) is 4.74 Å². The van der Waals surface area contributed by atoms with Gasteiger partial charge in [-0.05, 0) is 24.3 Å². The van der Waals surface area contributed by atoms with Crippen LogP contribution in [0.2, 0.25) is 0 Å². The maximum Gasteiger partial charge on any atom is 0.356 e. The molecule has 0 saturated heterocycles. The molecular formula is C15H14N2O4. The summed E-state index contributed by atoms with van der Waals surface area (Å²) in [4.78, 5) is 27.5. The van der Waals surface area contributed by atoms with Gasteiger partial charge < -0.3 is 14.8 Å². The van der Waals surface area contributed by atoms with Crippen LogP contribution >= 0.6 is 0 Å². The quantitative estimate of drug-likeness (QED) is 0.871. The van der Waals surface area contributed by atoms with Gasteiger partial charge >= 0.3 is 5.97 Å². The summed E-state index contributed by atoms with van der Waals surface area (Å²) in [5.74, 6) is -0.498. The van der Waals surface area contributed by atoms with Crippen LogP contribution in [0.5, 0.6) is 5.75 Å². The number of nitrogens with one attached hydrogen (secondary N) is 1. The van der Waals surface area contributed by atoms with Gasteiger partial charge in [-0.2, -0.15) is 0 Å². The van der Waals surface area contributed by atoms with Gasteiger partial charge in [-0.3, -0.25) is 4.79 Å². The smallest absolute Gasteiger partial charge is 0.356 e. The number of anilines is 1. The highest BCUT2D eigenvalue weighted by Crippen LogP contribution is 2.23. The zero-order chi connectivity index (χ0) is 15.2. The van der Waals surface area contributed by atoms with Crippen LogP contribution in [-0.4, -0.2) is 31.1 Å². The number of aromatic nitrogens is 1. The minimum absolute atomic E-state index is 0.0742. The van der Waals surface area contributed by atoms with Crippen molar-refractivity contribution >= 4 is 17.6 Å². The third kappa shape index (κ3) is 3.36. The van der Waals surface area contributed by atoms with Crippen molar-refractivity contribution in [3.05, 3.63) is 53.9 Å². The number of carbonyl (C=O) groups excluding carboxylic acids is 2. The zero-order valence-corrected chi connectivity index (χ0v) is 11.6. The van der Waals surface area contributed by atoms with Crippen molar-refractivity contribution in [2.75, 3.05) is 19.5 Å². The second-order valence-electron chi connectivity index (χ2n) is 4.05. The molecular weight excluding hydrogens is 272 g/mol. The normalized spacial score (nSPS) is 9.81. The Morgan fingerprint density at radius 3 is 2.43 bits per heavy atom.